The summed E-state index contributed by atoms with van der Waals surface area (Å²) < 4.78 is 16.7. The molecule has 144 valence electrons. The van der Waals surface area contributed by atoms with E-state index in [0.717, 1.165) is 5.56 Å². The first-order valence-electron chi connectivity index (χ1n) is 8.91. The molecule has 8 heteroatoms. The molecule has 1 aliphatic rings. The summed E-state index contributed by atoms with van der Waals surface area (Å²) in [5, 5.41) is 10.9. The number of amides is 1. The summed E-state index contributed by atoms with van der Waals surface area (Å²) in [6.45, 7) is 2.82. The third-order valence-electron chi connectivity index (χ3n) is 4.10. The van der Waals surface area contributed by atoms with E-state index >= 15 is 0 Å². The molecule has 1 aromatic heterocycles. The Morgan fingerprint density at radius 1 is 1.11 bits per heavy atom. The fourth-order valence-corrected chi connectivity index (χ4v) is 3.40. The average molecular weight is 397 g/mol. The van der Waals surface area contributed by atoms with Gasteiger partial charge in [-0.15, -0.1) is 10.2 Å². The van der Waals surface area contributed by atoms with Crippen LogP contribution in [0.5, 0.6) is 11.5 Å². The molecule has 0 spiro atoms. The van der Waals surface area contributed by atoms with Gasteiger partial charge in [-0.1, -0.05) is 42.1 Å². The summed E-state index contributed by atoms with van der Waals surface area (Å²) in [4.78, 5) is 12.5. The van der Waals surface area contributed by atoms with E-state index in [1.807, 2.05) is 30.3 Å². The van der Waals surface area contributed by atoms with E-state index in [1.54, 1.807) is 25.1 Å². The molecule has 0 bridgehead atoms. The summed E-state index contributed by atoms with van der Waals surface area (Å²) in [7, 11) is 0. The third kappa shape index (κ3) is 4.45. The molecule has 1 atom stereocenters. The van der Waals surface area contributed by atoms with Crippen LogP contribution in [0.15, 0.2) is 58.2 Å². The van der Waals surface area contributed by atoms with Gasteiger partial charge in [-0.05, 0) is 24.6 Å². The van der Waals surface area contributed by atoms with E-state index in [0.29, 0.717) is 47.9 Å². The van der Waals surface area contributed by atoms with Gasteiger partial charge in [0.25, 0.3) is 5.22 Å². The zero-order valence-corrected chi connectivity index (χ0v) is 16.1. The highest BCUT2D eigenvalue weighted by molar-refractivity contribution is 8.00. The number of carbonyl (C=O) groups is 1. The number of carbonyl (C=O) groups excluding carboxylic acids is 1. The highest BCUT2D eigenvalue weighted by Crippen LogP contribution is 2.33. The second-order valence-corrected chi connectivity index (χ2v) is 7.52. The Morgan fingerprint density at radius 3 is 2.71 bits per heavy atom. The number of hydrogen-bond acceptors (Lipinski definition) is 7. The van der Waals surface area contributed by atoms with Crippen LogP contribution >= 0.6 is 11.8 Å². The van der Waals surface area contributed by atoms with Crippen molar-refractivity contribution in [2.45, 2.75) is 23.8 Å². The SMILES string of the molecule is C[C@H](Sc1nnc(Cc2ccccc2)o1)C(=O)Nc1ccc2c(c1)OCCO2. The zero-order valence-electron chi connectivity index (χ0n) is 15.3. The van der Waals surface area contributed by atoms with E-state index < -0.39 is 5.25 Å². The molecule has 0 aliphatic carbocycles. The largest absolute Gasteiger partial charge is 0.486 e. The Morgan fingerprint density at radius 2 is 1.89 bits per heavy atom. The summed E-state index contributed by atoms with van der Waals surface area (Å²) in [6, 6.07) is 15.2. The number of nitrogens with one attached hydrogen (secondary N) is 1. The molecule has 28 heavy (non-hydrogen) atoms. The predicted molar refractivity (Wildman–Crippen MR) is 105 cm³/mol. The third-order valence-corrected chi connectivity index (χ3v) is 5.04. The fraction of sp³-hybridized carbons (Fsp3) is 0.250. The molecule has 2 heterocycles. The Hall–Kier alpha value is -3.00. The van der Waals surface area contributed by atoms with Crippen LogP contribution in [0.4, 0.5) is 5.69 Å². The number of aromatic nitrogens is 2. The Bertz CT molecular complexity index is 961. The molecule has 1 N–H and O–H groups in total. The van der Waals surface area contributed by atoms with Gasteiger partial charge < -0.3 is 19.2 Å². The van der Waals surface area contributed by atoms with Gasteiger partial charge in [0.05, 0.1) is 11.7 Å². The lowest BCUT2D eigenvalue weighted by molar-refractivity contribution is -0.115. The van der Waals surface area contributed by atoms with Crippen molar-refractivity contribution in [2.75, 3.05) is 18.5 Å². The minimum Gasteiger partial charge on any atom is -0.486 e. The summed E-state index contributed by atoms with van der Waals surface area (Å²) in [6.07, 6.45) is 0.562. The number of hydrogen-bond donors (Lipinski definition) is 1. The van der Waals surface area contributed by atoms with Gasteiger partial charge in [-0.3, -0.25) is 4.79 Å². The van der Waals surface area contributed by atoms with Crippen LogP contribution in [0.25, 0.3) is 0 Å². The molecule has 4 rings (SSSR count). The maximum atomic E-state index is 12.5. The van der Waals surface area contributed by atoms with E-state index in [2.05, 4.69) is 15.5 Å². The fourth-order valence-electron chi connectivity index (χ4n) is 2.70. The molecular formula is C20H19N3O4S. The van der Waals surface area contributed by atoms with Crippen molar-refractivity contribution in [1.82, 2.24) is 10.2 Å². The second kappa shape index (κ2) is 8.35. The van der Waals surface area contributed by atoms with Crippen molar-refractivity contribution in [3.05, 3.63) is 60.0 Å². The van der Waals surface area contributed by atoms with E-state index in [1.165, 1.54) is 11.8 Å². The van der Waals surface area contributed by atoms with Gasteiger partial charge >= 0.3 is 0 Å². The maximum absolute atomic E-state index is 12.5. The minimum absolute atomic E-state index is 0.163. The topological polar surface area (TPSA) is 86.5 Å². The van der Waals surface area contributed by atoms with Crippen LogP contribution in [-0.2, 0) is 11.2 Å². The van der Waals surface area contributed by atoms with Gasteiger partial charge in [0, 0.05) is 11.8 Å². The molecular weight excluding hydrogens is 378 g/mol. The average Bonchev–Trinajstić information content (AvgIpc) is 3.15. The second-order valence-electron chi connectivity index (χ2n) is 6.23. The molecule has 0 saturated carbocycles. The standard InChI is InChI=1S/C20H19N3O4S/c1-13(19(24)21-15-7-8-16-17(12-15)26-10-9-25-16)28-20-23-22-18(27-20)11-14-5-3-2-4-6-14/h2-8,12-13H,9-11H2,1H3,(H,21,24)/t13-/m0/s1. The van der Waals surface area contributed by atoms with Gasteiger partial charge in [0.1, 0.15) is 13.2 Å². The van der Waals surface area contributed by atoms with Crippen LogP contribution in [0.1, 0.15) is 18.4 Å². The lowest BCUT2D eigenvalue weighted by Crippen LogP contribution is -2.22. The monoisotopic (exact) mass is 397 g/mol. The first kappa shape index (κ1) is 18.4. The molecule has 0 fully saturated rings. The van der Waals surface area contributed by atoms with E-state index in [-0.39, 0.29) is 5.91 Å². The summed E-state index contributed by atoms with van der Waals surface area (Å²) >= 11 is 1.22. The summed E-state index contributed by atoms with van der Waals surface area (Å²) in [5.74, 6) is 1.67. The van der Waals surface area contributed by atoms with E-state index in [4.69, 9.17) is 13.9 Å². The van der Waals surface area contributed by atoms with Crippen molar-refractivity contribution < 1.29 is 18.7 Å². The molecule has 2 aromatic carbocycles. The minimum atomic E-state index is -0.404. The number of thioether (sulfide) groups is 1. The highest BCUT2D eigenvalue weighted by atomic mass is 32.2. The number of anilines is 1. The normalized spacial score (nSPS) is 13.8. The Kier molecular flexibility index (Phi) is 5.48. The molecule has 0 unspecified atom stereocenters. The smallest absolute Gasteiger partial charge is 0.277 e. The van der Waals surface area contributed by atoms with Crippen molar-refractivity contribution in [1.29, 1.82) is 0 Å². The lowest BCUT2D eigenvalue weighted by atomic mass is 10.2. The Balaban J connectivity index is 1.34. The predicted octanol–water partition coefficient (Wildman–Crippen LogP) is 3.55. The van der Waals surface area contributed by atoms with Crippen molar-refractivity contribution in [2.24, 2.45) is 0 Å². The van der Waals surface area contributed by atoms with Gasteiger partial charge in [-0.2, -0.15) is 0 Å². The quantitative estimate of drug-likeness (QED) is 0.637. The molecule has 7 nitrogen and oxygen atoms in total. The summed E-state index contributed by atoms with van der Waals surface area (Å²) in [5.41, 5.74) is 1.74. The van der Waals surface area contributed by atoms with Crippen molar-refractivity contribution >= 4 is 23.4 Å². The van der Waals surface area contributed by atoms with Crippen LogP contribution in [0.2, 0.25) is 0 Å². The van der Waals surface area contributed by atoms with E-state index in [9.17, 15) is 4.79 Å². The molecule has 0 radical (unpaired) electrons. The lowest BCUT2D eigenvalue weighted by Gasteiger charge is -2.19. The highest BCUT2D eigenvalue weighted by Gasteiger charge is 2.20. The number of ether oxygens (including phenoxy) is 2. The van der Waals surface area contributed by atoms with Crippen LogP contribution < -0.4 is 14.8 Å². The first-order valence-corrected chi connectivity index (χ1v) is 9.79. The first-order chi connectivity index (χ1) is 13.7. The molecule has 1 aliphatic heterocycles. The molecule has 3 aromatic rings. The zero-order chi connectivity index (χ0) is 19.3. The van der Waals surface area contributed by atoms with Crippen molar-refractivity contribution in [3.8, 4) is 11.5 Å². The number of benzene rings is 2. The van der Waals surface area contributed by atoms with Crippen LogP contribution in [-0.4, -0.2) is 34.6 Å². The Labute approximate surface area is 166 Å². The molecule has 1 amide bonds. The van der Waals surface area contributed by atoms with Crippen LogP contribution in [0.3, 0.4) is 0 Å². The maximum Gasteiger partial charge on any atom is 0.277 e. The number of nitrogens with zero attached hydrogens (tertiary/aromatic N) is 2. The molecule has 0 saturated heterocycles. The van der Waals surface area contributed by atoms with Crippen molar-refractivity contribution in [3.63, 3.8) is 0 Å². The van der Waals surface area contributed by atoms with Crippen LogP contribution in [0, 0.1) is 0 Å². The van der Waals surface area contributed by atoms with Gasteiger partial charge in [-0.25, -0.2) is 0 Å². The number of rotatable bonds is 6. The number of fused-ring (bicyclic) bond motifs is 1. The van der Waals surface area contributed by atoms with Gasteiger partial charge in [0.2, 0.25) is 11.8 Å². The van der Waals surface area contributed by atoms with Gasteiger partial charge in [0.15, 0.2) is 11.5 Å².